The van der Waals surface area contributed by atoms with Crippen LogP contribution in [-0.4, -0.2) is 24.8 Å². The summed E-state index contributed by atoms with van der Waals surface area (Å²) < 4.78 is 4.90. The minimum Gasteiger partial charge on any atom is -0.323 e. The van der Waals surface area contributed by atoms with Gasteiger partial charge in [-0.05, 0) is 47.1 Å². The highest BCUT2D eigenvalue weighted by molar-refractivity contribution is 9.10. The van der Waals surface area contributed by atoms with E-state index < -0.39 is 5.69 Å². The fourth-order valence-electron chi connectivity index (χ4n) is 3.35. The fourth-order valence-corrected chi connectivity index (χ4v) is 3.63. The van der Waals surface area contributed by atoms with Crippen LogP contribution < -0.4 is 16.6 Å². The number of carbonyl (C=O) groups excluding carboxylic acids is 1. The quantitative estimate of drug-likeness (QED) is 0.488. The zero-order valence-electron chi connectivity index (χ0n) is 16.1. The molecule has 0 unspecified atom stereocenters. The Balaban J connectivity index is 1.71. The van der Waals surface area contributed by atoms with Crippen molar-refractivity contribution in [2.24, 2.45) is 0 Å². The van der Waals surface area contributed by atoms with Crippen molar-refractivity contribution in [2.45, 2.75) is 20.0 Å². The van der Waals surface area contributed by atoms with Gasteiger partial charge in [-0.15, -0.1) is 0 Å². The molecule has 0 aliphatic rings. The number of nitrogens with zero attached hydrogens (tertiary/aromatic N) is 4. The second-order valence-corrected chi connectivity index (χ2v) is 7.52. The van der Waals surface area contributed by atoms with Crippen LogP contribution in [0, 0.1) is 0 Å². The summed E-state index contributed by atoms with van der Waals surface area (Å²) in [6.45, 7) is 1.72. The van der Waals surface area contributed by atoms with Crippen molar-refractivity contribution < 1.29 is 4.79 Å². The van der Waals surface area contributed by atoms with Crippen molar-refractivity contribution in [1.82, 2.24) is 18.9 Å². The summed E-state index contributed by atoms with van der Waals surface area (Å²) in [7, 11) is 0. The van der Waals surface area contributed by atoms with Crippen LogP contribution in [0.1, 0.15) is 6.92 Å². The Morgan fingerprint density at radius 2 is 1.80 bits per heavy atom. The number of nitrogens with one attached hydrogen (secondary N) is 1. The first kappa shape index (κ1) is 19.8. The van der Waals surface area contributed by atoms with Gasteiger partial charge in [0.25, 0.3) is 5.56 Å². The molecule has 2 heterocycles. The highest BCUT2D eigenvalue weighted by Crippen LogP contribution is 2.21. The van der Waals surface area contributed by atoms with Gasteiger partial charge in [-0.2, -0.15) is 5.10 Å². The van der Waals surface area contributed by atoms with Gasteiger partial charge in [-0.1, -0.05) is 24.3 Å². The number of amides is 1. The lowest BCUT2D eigenvalue weighted by Crippen LogP contribution is -2.41. The third kappa shape index (κ3) is 3.59. The van der Waals surface area contributed by atoms with E-state index in [0.29, 0.717) is 22.3 Å². The normalized spacial score (nSPS) is 11.0. The molecule has 0 spiro atoms. The fraction of sp³-hybridized carbons (Fsp3) is 0.143. The van der Waals surface area contributed by atoms with Gasteiger partial charge >= 0.3 is 5.69 Å². The summed E-state index contributed by atoms with van der Waals surface area (Å²) in [4.78, 5) is 38.2. The molecule has 0 saturated carbocycles. The first-order valence-corrected chi connectivity index (χ1v) is 10.1. The number of carbonyl (C=O) groups is 1. The van der Waals surface area contributed by atoms with Crippen LogP contribution in [0.15, 0.2) is 75.0 Å². The Hall–Kier alpha value is -3.46. The number of fused-ring (bicyclic) bond motifs is 1. The van der Waals surface area contributed by atoms with E-state index in [-0.39, 0.29) is 24.6 Å². The smallest absolute Gasteiger partial charge is 0.323 e. The molecular weight excluding hydrogens is 450 g/mol. The van der Waals surface area contributed by atoms with E-state index in [1.165, 1.54) is 4.57 Å². The van der Waals surface area contributed by atoms with Gasteiger partial charge in [0.05, 0.1) is 32.9 Å². The minimum atomic E-state index is -0.513. The topological polar surface area (TPSA) is 90.9 Å². The molecule has 2 aromatic carbocycles. The van der Waals surface area contributed by atoms with Gasteiger partial charge in [0.2, 0.25) is 5.91 Å². The third-order valence-corrected chi connectivity index (χ3v) is 5.14. The number of benzene rings is 2. The van der Waals surface area contributed by atoms with Crippen LogP contribution in [0.2, 0.25) is 0 Å². The molecule has 4 rings (SSSR count). The van der Waals surface area contributed by atoms with Crippen molar-refractivity contribution in [1.29, 1.82) is 0 Å². The SMILES string of the molecule is CCn1c(=O)c2ccccc2n(CC(=O)Nc2ccccc2-n2cc(Br)cn2)c1=O. The Labute approximate surface area is 179 Å². The zero-order valence-corrected chi connectivity index (χ0v) is 17.7. The molecule has 30 heavy (non-hydrogen) atoms. The number of para-hydroxylation sites is 3. The number of halogens is 1. The van der Waals surface area contributed by atoms with Crippen molar-refractivity contribution in [3.63, 3.8) is 0 Å². The lowest BCUT2D eigenvalue weighted by molar-refractivity contribution is -0.116. The Morgan fingerprint density at radius 3 is 2.53 bits per heavy atom. The van der Waals surface area contributed by atoms with Crippen molar-refractivity contribution in [3.05, 3.63) is 86.2 Å². The molecule has 0 radical (unpaired) electrons. The molecule has 0 atom stereocenters. The molecule has 9 heteroatoms. The maximum absolute atomic E-state index is 12.9. The molecule has 8 nitrogen and oxygen atoms in total. The summed E-state index contributed by atoms with van der Waals surface area (Å²) in [6, 6.07) is 14.0. The molecule has 1 amide bonds. The van der Waals surface area contributed by atoms with E-state index in [0.717, 1.165) is 9.04 Å². The molecule has 152 valence electrons. The van der Waals surface area contributed by atoms with Gasteiger partial charge in [0, 0.05) is 12.7 Å². The van der Waals surface area contributed by atoms with E-state index in [9.17, 15) is 14.4 Å². The first-order chi connectivity index (χ1) is 14.5. The average molecular weight is 468 g/mol. The largest absolute Gasteiger partial charge is 0.331 e. The first-order valence-electron chi connectivity index (χ1n) is 9.31. The molecule has 2 aromatic heterocycles. The van der Waals surface area contributed by atoms with Gasteiger partial charge < -0.3 is 5.32 Å². The highest BCUT2D eigenvalue weighted by Gasteiger charge is 2.15. The molecule has 1 N–H and O–H groups in total. The van der Waals surface area contributed by atoms with E-state index in [2.05, 4.69) is 26.3 Å². The Morgan fingerprint density at radius 1 is 1.07 bits per heavy atom. The van der Waals surface area contributed by atoms with Crippen LogP contribution >= 0.6 is 15.9 Å². The Kier molecular flexibility index (Phi) is 5.37. The van der Waals surface area contributed by atoms with Gasteiger partial charge in [-0.25, -0.2) is 9.48 Å². The summed E-state index contributed by atoms with van der Waals surface area (Å²) in [5.41, 5.74) is 0.799. The summed E-state index contributed by atoms with van der Waals surface area (Å²) >= 11 is 3.36. The molecule has 0 aliphatic heterocycles. The maximum atomic E-state index is 12.9. The lowest BCUT2D eigenvalue weighted by Gasteiger charge is -2.14. The zero-order chi connectivity index (χ0) is 21.3. The summed E-state index contributed by atoms with van der Waals surface area (Å²) in [5.74, 6) is -0.387. The predicted octanol–water partition coefficient (Wildman–Crippen LogP) is 2.77. The van der Waals surface area contributed by atoms with Crippen LogP contribution in [0.4, 0.5) is 5.69 Å². The van der Waals surface area contributed by atoms with Gasteiger partial charge in [0.1, 0.15) is 6.54 Å². The number of hydrogen-bond acceptors (Lipinski definition) is 4. The number of rotatable bonds is 5. The summed E-state index contributed by atoms with van der Waals surface area (Å²) in [6.07, 6.45) is 3.43. The number of anilines is 1. The van der Waals surface area contributed by atoms with Crippen molar-refractivity contribution in [2.75, 3.05) is 5.32 Å². The van der Waals surface area contributed by atoms with Gasteiger partial charge in [0.15, 0.2) is 0 Å². The number of aromatic nitrogens is 4. The highest BCUT2D eigenvalue weighted by atomic mass is 79.9. The van der Waals surface area contributed by atoms with E-state index >= 15 is 0 Å². The predicted molar refractivity (Wildman–Crippen MR) is 118 cm³/mol. The molecule has 4 aromatic rings. The molecule has 0 fully saturated rings. The molecule has 0 bridgehead atoms. The van der Waals surface area contributed by atoms with E-state index in [4.69, 9.17) is 0 Å². The van der Waals surface area contributed by atoms with E-state index in [1.54, 1.807) is 60.4 Å². The summed E-state index contributed by atoms with van der Waals surface area (Å²) in [5, 5.41) is 7.50. The lowest BCUT2D eigenvalue weighted by atomic mass is 10.2. The van der Waals surface area contributed by atoms with Crippen LogP contribution in [-0.2, 0) is 17.9 Å². The van der Waals surface area contributed by atoms with Crippen LogP contribution in [0.5, 0.6) is 0 Å². The molecule has 0 saturated heterocycles. The van der Waals surface area contributed by atoms with Crippen LogP contribution in [0.3, 0.4) is 0 Å². The maximum Gasteiger partial charge on any atom is 0.331 e. The standard InChI is InChI=1S/C21H18BrN5O3/c1-2-25-20(29)15-7-3-5-9-17(15)26(21(25)30)13-19(28)24-16-8-4-6-10-18(16)27-12-14(22)11-23-27/h3-12H,2,13H2,1H3,(H,24,28). The minimum absolute atomic E-state index is 0.223. The van der Waals surface area contributed by atoms with E-state index in [1.807, 2.05) is 12.1 Å². The second kappa shape index (κ2) is 8.11. The van der Waals surface area contributed by atoms with Crippen molar-refractivity contribution in [3.8, 4) is 5.69 Å². The number of hydrogen-bond donors (Lipinski definition) is 1. The molecule has 0 aliphatic carbocycles. The second-order valence-electron chi connectivity index (χ2n) is 6.60. The monoisotopic (exact) mass is 467 g/mol. The van der Waals surface area contributed by atoms with Crippen molar-refractivity contribution >= 4 is 38.4 Å². The third-order valence-electron chi connectivity index (χ3n) is 4.73. The molecular formula is C21H18BrN5O3. The Bertz CT molecular complexity index is 1370. The average Bonchev–Trinajstić information content (AvgIpc) is 3.18. The van der Waals surface area contributed by atoms with Gasteiger partial charge in [-0.3, -0.25) is 18.7 Å². The van der Waals surface area contributed by atoms with Crippen LogP contribution in [0.25, 0.3) is 16.6 Å².